The van der Waals surface area contributed by atoms with Crippen LogP contribution in [-0.2, 0) is 0 Å². The van der Waals surface area contributed by atoms with Crippen molar-refractivity contribution >= 4 is 29.0 Å². The zero-order chi connectivity index (χ0) is 13.9. The Balaban J connectivity index is 2.13. The maximum absolute atomic E-state index is 11.4. The van der Waals surface area contributed by atoms with Gasteiger partial charge in [-0.25, -0.2) is 0 Å². The molecule has 1 aliphatic rings. The van der Waals surface area contributed by atoms with Gasteiger partial charge in [0.15, 0.2) is 0 Å². The molecule has 1 aromatic carbocycles. The maximum atomic E-state index is 11.4. The lowest BCUT2D eigenvalue weighted by atomic mass is 10.1. The van der Waals surface area contributed by atoms with Crippen molar-refractivity contribution in [2.24, 2.45) is 5.73 Å². The summed E-state index contributed by atoms with van der Waals surface area (Å²) in [5, 5.41) is 3.38. The van der Waals surface area contributed by atoms with E-state index in [2.05, 4.69) is 11.6 Å². The van der Waals surface area contributed by atoms with Crippen LogP contribution in [0.5, 0.6) is 0 Å². The highest BCUT2D eigenvalue weighted by molar-refractivity contribution is 8.00. The topological polar surface area (TPSA) is 81.1 Å². The number of nitrogens with two attached hydrogens (primary N) is 2. The summed E-state index contributed by atoms with van der Waals surface area (Å²) in [4.78, 5) is 11.4. The van der Waals surface area contributed by atoms with Crippen LogP contribution in [0.3, 0.4) is 0 Å². The molecule has 5 N–H and O–H groups in total. The van der Waals surface area contributed by atoms with E-state index in [-0.39, 0.29) is 4.75 Å². The Labute approximate surface area is 118 Å². The molecule has 1 aromatic rings. The van der Waals surface area contributed by atoms with E-state index in [9.17, 15) is 4.79 Å². The number of nitrogen functional groups attached to an aromatic ring is 1. The molecular weight excluding hydrogens is 258 g/mol. The number of primary amides is 1. The minimum absolute atomic E-state index is 0.288. The number of carbonyl (C=O) groups is 1. The predicted molar refractivity (Wildman–Crippen MR) is 82.6 cm³/mol. The van der Waals surface area contributed by atoms with Gasteiger partial charge in [-0.1, -0.05) is 12.8 Å². The summed E-state index contributed by atoms with van der Waals surface area (Å²) in [5.74, 6) is -0.445. The van der Waals surface area contributed by atoms with E-state index in [1.54, 1.807) is 12.1 Å². The Morgan fingerprint density at radius 2 is 2.11 bits per heavy atom. The zero-order valence-corrected chi connectivity index (χ0v) is 12.1. The van der Waals surface area contributed by atoms with Gasteiger partial charge in [0.1, 0.15) is 0 Å². The molecule has 0 radical (unpaired) electrons. The van der Waals surface area contributed by atoms with E-state index in [1.165, 1.54) is 25.7 Å². The van der Waals surface area contributed by atoms with Gasteiger partial charge in [0.2, 0.25) is 0 Å². The first-order chi connectivity index (χ1) is 9.06. The van der Waals surface area contributed by atoms with Gasteiger partial charge in [0, 0.05) is 22.7 Å². The monoisotopic (exact) mass is 279 g/mol. The number of benzene rings is 1. The highest BCUT2D eigenvalue weighted by Gasteiger charge is 2.32. The lowest BCUT2D eigenvalue weighted by Gasteiger charge is -2.28. The van der Waals surface area contributed by atoms with Gasteiger partial charge in [-0.05, 0) is 37.3 Å². The van der Waals surface area contributed by atoms with E-state index in [4.69, 9.17) is 11.5 Å². The summed E-state index contributed by atoms with van der Waals surface area (Å²) < 4.78 is 0.288. The smallest absolute Gasteiger partial charge is 0.250 e. The number of hydrogen-bond acceptors (Lipinski definition) is 4. The lowest BCUT2D eigenvalue weighted by Crippen LogP contribution is -2.30. The second-order valence-electron chi connectivity index (χ2n) is 5.12. The summed E-state index contributed by atoms with van der Waals surface area (Å²) >= 11 is 1.91. The lowest BCUT2D eigenvalue weighted by molar-refractivity contribution is 0.100. The fourth-order valence-corrected chi connectivity index (χ4v) is 3.56. The number of hydrogen-bond donors (Lipinski definition) is 3. The number of amides is 1. The van der Waals surface area contributed by atoms with Crippen molar-refractivity contribution in [2.75, 3.05) is 23.9 Å². The molecule has 19 heavy (non-hydrogen) atoms. The van der Waals surface area contributed by atoms with Crippen molar-refractivity contribution in [2.45, 2.75) is 30.4 Å². The van der Waals surface area contributed by atoms with E-state index in [0.717, 1.165) is 12.2 Å². The molecule has 0 saturated heterocycles. The number of rotatable bonds is 5. The van der Waals surface area contributed by atoms with Gasteiger partial charge < -0.3 is 16.8 Å². The van der Waals surface area contributed by atoms with Crippen molar-refractivity contribution in [1.82, 2.24) is 0 Å². The zero-order valence-electron chi connectivity index (χ0n) is 11.2. The van der Waals surface area contributed by atoms with Crippen LogP contribution >= 0.6 is 11.8 Å². The molecule has 4 nitrogen and oxygen atoms in total. The SMILES string of the molecule is CSC1(CNc2ccc(N)cc2C(N)=O)CCCC1. The van der Waals surface area contributed by atoms with Crippen LogP contribution in [0.4, 0.5) is 11.4 Å². The summed E-state index contributed by atoms with van der Waals surface area (Å²) in [6, 6.07) is 5.25. The van der Waals surface area contributed by atoms with E-state index >= 15 is 0 Å². The van der Waals surface area contributed by atoms with Crippen molar-refractivity contribution in [3.8, 4) is 0 Å². The quantitative estimate of drug-likeness (QED) is 0.723. The molecule has 0 aromatic heterocycles. The first-order valence-electron chi connectivity index (χ1n) is 6.55. The van der Waals surface area contributed by atoms with Crippen LogP contribution < -0.4 is 16.8 Å². The third-order valence-electron chi connectivity index (χ3n) is 3.86. The molecule has 104 valence electrons. The molecule has 0 aliphatic heterocycles. The van der Waals surface area contributed by atoms with Crippen LogP contribution in [0, 0.1) is 0 Å². The largest absolute Gasteiger partial charge is 0.399 e. The van der Waals surface area contributed by atoms with E-state index in [0.29, 0.717) is 11.3 Å². The Hall–Kier alpha value is -1.36. The Morgan fingerprint density at radius 3 is 2.68 bits per heavy atom. The molecule has 1 aliphatic carbocycles. The summed E-state index contributed by atoms with van der Waals surface area (Å²) in [7, 11) is 0. The second-order valence-corrected chi connectivity index (χ2v) is 6.39. The van der Waals surface area contributed by atoms with Gasteiger partial charge in [-0.3, -0.25) is 4.79 Å². The van der Waals surface area contributed by atoms with Crippen LogP contribution in [0.1, 0.15) is 36.0 Å². The average Bonchev–Trinajstić information content (AvgIpc) is 2.86. The second kappa shape index (κ2) is 5.74. The molecular formula is C14H21N3OS. The number of anilines is 2. The number of nitrogens with one attached hydrogen (secondary N) is 1. The highest BCUT2D eigenvalue weighted by atomic mass is 32.2. The molecule has 2 rings (SSSR count). The first kappa shape index (κ1) is 14.1. The van der Waals surface area contributed by atoms with Crippen LogP contribution in [0.25, 0.3) is 0 Å². The molecule has 0 atom stereocenters. The third-order valence-corrected chi connectivity index (χ3v) is 5.28. The molecule has 1 amide bonds. The number of thioether (sulfide) groups is 1. The maximum Gasteiger partial charge on any atom is 0.250 e. The minimum atomic E-state index is -0.445. The fourth-order valence-electron chi connectivity index (χ4n) is 2.65. The van der Waals surface area contributed by atoms with Crippen molar-refractivity contribution in [3.05, 3.63) is 23.8 Å². The van der Waals surface area contributed by atoms with Crippen molar-refractivity contribution in [1.29, 1.82) is 0 Å². The Morgan fingerprint density at radius 1 is 1.42 bits per heavy atom. The van der Waals surface area contributed by atoms with Gasteiger partial charge in [-0.15, -0.1) is 0 Å². The summed E-state index contributed by atoms with van der Waals surface area (Å²) in [5.41, 5.74) is 12.9. The van der Waals surface area contributed by atoms with Crippen LogP contribution in [-0.4, -0.2) is 23.5 Å². The standard InChI is InChI=1S/C14H21N3OS/c1-19-14(6-2-3-7-14)9-17-12-5-4-10(15)8-11(12)13(16)18/h4-5,8,17H,2-3,6-7,9,15H2,1H3,(H2,16,18). The van der Waals surface area contributed by atoms with Gasteiger partial charge in [0.25, 0.3) is 5.91 Å². The van der Waals surface area contributed by atoms with Gasteiger partial charge in [0.05, 0.1) is 5.56 Å². The van der Waals surface area contributed by atoms with Gasteiger partial charge in [-0.2, -0.15) is 11.8 Å². The summed E-state index contributed by atoms with van der Waals surface area (Å²) in [6.45, 7) is 0.859. The fraction of sp³-hybridized carbons (Fsp3) is 0.500. The molecule has 0 spiro atoms. The summed E-state index contributed by atoms with van der Waals surface area (Å²) in [6.07, 6.45) is 7.18. The molecule has 0 bridgehead atoms. The molecule has 1 saturated carbocycles. The Kier molecular flexibility index (Phi) is 4.24. The normalized spacial score (nSPS) is 17.3. The van der Waals surface area contributed by atoms with E-state index in [1.807, 2.05) is 17.8 Å². The molecule has 5 heteroatoms. The molecule has 1 fully saturated rings. The van der Waals surface area contributed by atoms with E-state index < -0.39 is 5.91 Å². The van der Waals surface area contributed by atoms with Crippen molar-refractivity contribution in [3.63, 3.8) is 0 Å². The van der Waals surface area contributed by atoms with Gasteiger partial charge >= 0.3 is 0 Å². The van der Waals surface area contributed by atoms with Crippen molar-refractivity contribution < 1.29 is 4.79 Å². The minimum Gasteiger partial charge on any atom is -0.399 e. The Bertz CT molecular complexity index is 470. The number of carbonyl (C=O) groups excluding carboxylic acids is 1. The average molecular weight is 279 g/mol. The predicted octanol–water partition coefficient (Wildman–Crippen LogP) is 2.46. The molecule has 0 unspecified atom stereocenters. The van der Waals surface area contributed by atoms with Crippen LogP contribution in [0.15, 0.2) is 18.2 Å². The first-order valence-corrected chi connectivity index (χ1v) is 7.77. The third kappa shape index (κ3) is 3.15. The van der Waals surface area contributed by atoms with Crippen LogP contribution in [0.2, 0.25) is 0 Å². The highest BCUT2D eigenvalue weighted by Crippen LogP contribution is 2.40. The molecule has 0 heterocycles.